The van der Waals surface area contributed by atoms with Gasteiger partial charge in [0.25, 0.3) is 5.91 Å². The molecule has 6 heteroatoms. The van der Waals surface area contributed by atoms with Gasteiger partial charge in [0.2, 0.25) is 0 Å². The summed E-state index contributed by atoms with van der Waals surface area (Å²) in [5, 5.41) is 4.97. The van der Waals surface area contributed by atoms with Gasteiger partial charge in [-0.1, -0.05) is 35.9 Å². The van der Waals surface area contributed by atoms with Gasteiger partial charge in [0.05, 0.1) is 6.04 Å². The highest BCUT2D eigenvalue weighted by molar-refractivity contribution is 7.10. The number of nitrogens with one attached hydrogen (secondary N) is 1. The molecule has 134 valence electrons. The van der Waals surface area contributed by atoms with Gasteiger partial charge in [-0.15, -0.1) is 11.3 Å². The van der Waals surface area contributed by atoms with Crippen LogP contribution in [0.5, 0.6) is 5.75 Å². The van der Waals surface area contributed by atoms with Crippen LogP contribution in [0.15, 0.2) is 66.0 Å². The summed E-state index contributed by atoms with van der Waals surface area (Å²) in [6.45, 7) is -0.884. The van der Waals surface area contributed by atoms with Gasteiger partial charge in [0.15, 0.2) is 0 Å². The topological polar surface area (TPSA) is 38.3 Å². The first-order chi connectivity index (χ1) is 12.5. The molecule has 1 N–H and O–H groups in total. The molecule has 3 nitrogen and oxygen atoms in total. The standard InChI is InChI=1S/C20H17F2NO2S/c1-13-4-6-14(7-5-13)18(17-3-2-12-26-17)23-19(24)15-8-10-16(11-9-15)25-20(21)22/h2-12,18,20H,1H3,(H,23,24)/t18-/m0/s1. The van der Waals surface area contributed by atoms with E-state index in [1.165, 1.54) is 24.3 Å². The Kier molecular flexibility index (Phi) is 5.63. The summed E-state index contributed by atoms with van der Waals surface area (Å²) in [6, 6.07) is 17.2. The van der Waals surface area contributed by atoms with Gasteiger partial charge in [-0.05, 0) is 48.2 Å². The Bertz CT molecular complexity index is 847. The predicted molar refractivity (Wildman–Crippen MR) is 97.9 cm³/mol. The highest BCUT2D eigenvalue weighted by Crippen LogP contribution is 2.27. The number of hydrogen-bond acceptors (Lipinski definition) is 3. The van der Waals surface area contributed by atoms with Crippen molar-refractivity contribution in [1.29, 1.82) is 0 Å². The van der Waals surface area contributed by atoms with E-state index in [-0.39, 0.29) is 17.7 Å². The van der Waals surface area contributed by atoms with E-state index in [2.05, 4.69) is 10.1 Å². The van der Waals surface area contributed by atoms with Crippen molar-refractivity contribution >= 4 is 17.2 Å². The zero-order valence-electron chi connectivity index (χ0n) is 14.0. The molecule has 0 aliphatic carbocycles. The molecule has 0 spiro atoms. The minimum atomic E-state index is -2.89. The van der Waals surface area contributed by atoms with Crippen LogP contribution in [0.4, 0.5) is 8.78 Å². The molecule has 0 bridgehead atoms. The van der Waals surface area contributed by atoms with Crippen molar-refractivity contribution in [2.45, 2.75) is 19.6 Å². The molecular formula is C20H17F2NO2S. The lowest BCUT2D eigenvalue weighted by Gasteiger charge is -2.18. The van der Waals surface area contributed by atoms with Crippen LogP contribution in [0.3, 0.4) is 0 Å². The molecular weight excluding hydrogens is 356 g/mol. The fraction of sp³-hybridized carbons (Fsp3) is 0.150. The van der Waals surface area contributed by atoms with Crippen LogP contribution in [0.25, 0.3) is 0 Å². The molecule has 0 aliphatic rings. The fourth-order valence-corrected chi connectivity index (χ4v) is 3.34. The van der Waals surface area contributed by atoms with E-state index in [9.17, 15) is 13.6 Å². The van der Waals surface area contributed by atoms with Crippen molar-refractivity contribution in [3.63, 3.8) is 0 Å². The first kappa shape index (κ1) is 18.1. The summed E-state index contributed by atoms with van der Waals surface area (Å²) in [5.41, 5.74) is 2.49. The molecule has 2 aromatic carbocycles. The third-order valence-corrected chi connectivity index (χ3v) is 4.79. The first-order valence-corrected chi connectivity index (χ1v) is 8.86. The van der Waals surface area contributed by atoms with Crippen LogP contribution in [0.1, 0.15) is 32.4 Å². The zero-order valence-corrected chi connectivity index (χ0v) is 14.8. The van der Waals surface area contributed by atoms with Crippen molar-refractivity contribution in [2.75, 3.05) is 0 Å². The number of amides is 1. The molecule has 26 heavy (non-hydrogen) atoms. The Hall–Kier alpha value is -2.73. The average Bonchev–Trinajstić information content (AvgIpc) is 3.15. The molecule has 0 fully saturated rings. The average molecular weight is 373 g/mol. The number of hydrogen-bond donors (Lipinski definition) is 1. The summed E-state index contributed by atoms with van der Waals surface area (Å²) >= 11 is 1.56. The lowest BCUT2D eigenvalue weighted by molar-refractivity contribution is -0.0498. The Balaban J connectivity index is 1.80. The molecule has 3 aromatic rings. The minimum absolute atomic E-state index is 0.0184. The smallest absolute Gasteiger partial charge is 0.387 e. The maximum atomic E-state index is 12.6. The van der Waals surface area contributed by atoms with Crippen LogP contribution in [-0.4, -0.2) is 12.5 Å². The molecule has 0 saturated carbocycles. The highest BCUT2D eigenvalue weighted by atomic mass is 32.1. The van der Waals surface area contributed by atoms with E-state index in [1.807, 2.05) is 48.7 Å². The Morgan fingerprint density at radius 2 is 1.73 bits per heavy atom. The second-order valence-electron chi connectivity index (χ2n) is 5.74. The minimum Gasteiger partial charge on any atom is -0.435 e. The number of carbonyl (C=O) groups excluding carboxylic acids is 1. The van der Waals surface area contributed by atoms with E-state index in [0.29, 0.717) is 5.56 Å². The summed E-state index contributed by atoms with van der Waals surface area (Å²) < 4.78 is 28.8. The molecule has 3 rings (SSSR count). The Morgan fingerprint density at radius 3 is 2.31 bits per heavy atom. The van der Waals surface area contributed by atoms with Crippen LogP contribution in [0, 0.1) is 6.92 Å². The largest absolute Gasteiger partial charge is 0.435 e. The van der Waals surface area contributed by atoms with Crippen molar-refractivity contribution in [1.82, 2.24) is 5.32 Å². The van der Waals surface area contributed by atoms with Crippen LogP contribution in [0.2, 0.25) is 0 Å². The fourth-order valence-electron chi connectivity index (χ4n) is 2.54. The molecule has 0 radical (unpaired) electrons. The summed E-state index contributed by atoms with van der Waals surface area (Å²) in [4.78, 5) is 13.6. The van der Waals surface area contributed by atoms with Gasteiger partial charge < -0.3 is 10.1 Å². The molecule has 1 atom stereocenters. The number of rotatable bonds is 6. The molecule has 0 aliphatic heterocycles. The normalized spacial score (nSPS) is 12.0. The number of halogens is 2. The van der Waals surface area contributed by atoms with Gasteiger partial charge in [0, 0.05) is 10.4 Å². The molecule has 1 amide bonds. The number of carbonyl (C=O) groups is 1. The predicted octanol–water partition coefficient (Wildman–Crippen LogP) is 5.18. The summed E-state index contributed by atoms with van der Waals surface area (Å²) in [6.07, 6.45) is 0. The number of alkyl halides is 2. The maximum Gasteiger partial charge on any atom is 0.387 e. The highest BCUT2D eigenvalue weighted by Gasteiger charge is 2.19. The number of ether oxygens (including phenoxy) is 1. The van der Waals surface area contributed by atoms with E-state index < -0.39 is 6.61 Å². The number of benzene rings is 2. The second-order valence-corrected chi connectivity index (χ2v) is 6.71. The van der Waals surface area contributed by atoms with Crippen molar-refractivity contribution < 1.29 is 18.3 Å². The van der Waals surface area contributed by atoms with E-state index >= 15 is 0 Å². The molecule has 0 saturated heterocycles. The van der Waals surface area contributed by atoms with Gasteiger partial charge >= 0.3 is 6.61 Å². The van der Waals surface area contributed by atoms with Gasteiger partial charge in [-0.25, -0.2) is 0 Å². The first-order valence-electron chi connectivity index (χ1n) is 7.98. The molecule has 1 heterocycles. The maximum absolute atomic E-state index is 12.6. The monoisotopic (exact) mass is 373 g/mol. The number of aryl methyl sites for hydroxylation is 1. The molecule has 0 unspecified atom stereocenters. The Labute approximate surface area is 154 Å². The van der Waals surface area contributed by atoms with Gasteiger partial charge in [-0.3, -0.25) is 4.79 Å². The lowest BCUT2D eigenvalue weighted by atomic mass is 10.0. The van der Waals surface area contributed by atoms with Crippen LogP contribution < -0.4 is 10.1 Å². The second kappa shape index (κ2) is 8.10. The van der Waals surface area contributed by atoms with Crippen LogP contribution in [-0.2, 0) is 0 Å². The third kappa shape index (κ3) is 4.46. The zero-order chi connectivity index (χ0) is 18.5. The van der Waals surface area contributed by atoms with E-state index in [0.717, 1.165) is 16.0 Å². The van der Waals surface area contributed by atoms with Crippen molar-refractivity contribution in [2.24, 2.45) is 0 Å². The third-order valence-electron chi connectivity index (χ3n) is 3.86. The van der Waals surface area contributed by atoms with Crippen molar-refractivity contribution in [3.05, 3.63) is 87.6 Å². The van der Waals surface area contributed by atoms with E-state index in [1.54, 1.807) is 11.3 Å². The number of thiophene rings is 1. The van der Waals surface area contributed by atoms with Gasteiger partial charge in [0.1, 0.15) is 5.75 Å². The lowest BCUT2D eigenvalue weighted by Crippen LogP contribution is -2.28. The van der Waals surface area contributed by atoms with E-state index in [4.69, 9.17) is 0 Å². The quantitative estimate of drug-likeness (QED) is 0.647. The van der Waals surface area contributed by atoms with Gasteiger partial charge in [-0.2, -0.15) is 8.78 Å². The Morgan fingerprint density at radius 1 is 1.04 bits per heavy atom. The molecule has 1 aromatic heterocycles. The SMILES string of the molecule is Cc1ccc([C@H](NC(=O)c2ccc(OC(F)F)cc2)c2cccs2)cc1. The summed E-state index contributed by atoms with van der Waals surface area (Å²) in [7, 11) is 0. The van der Waals surface area contributed by atoms with Crippen LogP contribution >= 0.6 is 11.3 Å². The van der Waals surface area contributed by atoms with Crippen molar-refractivity contribution in [3.8, 4) is 5.75 Å². The summed E-state index contributed by atoms with van der Waals surface area (Å²) in [5.74, 6) is -0.266.